The van der Waals surface area contributed by atoms with Gasteiger partial charge >= 0.3 is 0 Å². The average molecular weight is 357 g/mol. The van der Waals surface area contributed by atoms with Gasteiger partial charge in [0.2, 0.25) is 0 Å². The molecule has 0 aliphatic carbocycles. The van der Waals surface area contributed by atoms with Crippen molar-refractivity contribution in [1.29, 1.82) is 0 Å². The van der Waals surface area contributed by atoms with Crippen LogP contribution in [0.25, 0.3) is 9.53 Å². The molecule has 0 fully saturated rings. The highest BCUT2D eigenvalue weighted by Crippen LogP contribution is 2.34. The largest absolute Gasteiger partial charge is 0.395 e. The number of nitrogens with one attached hydrogen (secondary N) is 1. The van der Waals surface area contributed by atoms with Gasteiger partial charge in [0, 0.05) is 12.2 Å². The van der Waals surface area contributed by atoms with Crippen molar-refractivity contribution in [2.75, 3.05) is 25.0 Å². The number of fused-ring (bicyclic) bond motifs is 1. The number of hydrogen-bond donors (Lipinski definition) is 2. The van der Waals surface area contributed by atoms with Crippen molar-refractivity contribution >= 4 is 48.9 Å². The molecule has 0 saturated carbocycles. The van der Waals surface area contributed by atoms with Gasteiger partial charge in [-0.2, -0.15) is 0 Å². The molecule has 2 heterocycles. The fourth-order valence-electron chi connectivity index (χ4n) is 2.18. The molecule has 5 nitrogen and oxygen atoms in total. The first-order valence-electron chi connectivity index (χ1n) is 7.27. The number of para-hydroxylation sites is 1. The number of carbonyl (C=O) groups is 1. The molecule has 0 unspecified atom stereocenters. The predicted octanol–water partition coefficient (Wildman–Crippen LogP) is 3.17. The molecular weight excluding hydrogens is 342 g/mol. The zero-order valence-electron chi connectivity index (χ0n) is 12.7. The van der Waals surface area contributed by atoms with Crippen LogP contribution >= 0.6 is 22.7 Å². The quantitative estimate of drug-likeness (QED) is 0.665. The normalized spacial score (nSPS) is 10.5. The number of rotatable bonds is 6. The van der Waals surface area contributed by atoms with Gasteiger partial charge in [-0.05, 0) is 18.2 Å². The third kappa shape index (κ3) is 3.57. The summed E-state index contributed by atoms with van der Waals surface area (Å²) in [6.45, 7) is 0.290. The maximum atomic E-state index is 12.5. The van der Waals surface area contributed by atoms with Gasteiger partial charge in [-0.25, -0.2) is 4.98 Å². The standard InChI is InChI=1S/C17H15N3O2S2/c1-2-8-20(9-10-21)16(22)14-11-13-15(23-14)19-17(24-13)18-12-6-4-3-5-7-12/h1,3-7,11,21H,8-10H2,(H,18,19). The lowest BCUT2D eigenvalue weighted by Gasteiger charge is -2.17. The van der Waals surface area contributed by atoms with E-state index in [0.717, 1.165) is 20.3 Å². The summed E-state index contributed by atoms with van der Waals surface area (Å²) in [5.74, 6) is 2.27. The molecule has 0 saturated heterocycles. The third-order valence-electron chi connectivity index (χ3n) is 3.26. The minimum absolute atomic E-state index is 0.115. The van der Waals surface area contributed by atoms with Crippen LogP contribution in [-0.4, -0.2) is 40.6 Å². The molecular formula is C17H15N3O2S2. The van der Waals surface area contributed by atoms with Gasteiger partial charge in [-0.15, -0.1) is 17.8 Å². The van der Waals surface area contributed by atoms with E-state index in [1.807, 2.05) is 36.4 Å². The summed E-state index contributed by atoms with van der Waals surface area (Å²) in [4.78, 5) is 19.8. The van der Waals surface area contributed by atoms with Crippen LogP contribution in [0.2, 0.25) is 0 Å². The fourth-order valence-corrected chi connectivity index (χ4v) is 4.28. The fraction of sp³-hybridized carbons (Fsp3) is 0.176. The number of anilines is 2. The van der Waals surface area contributed by atoms with Crippen LogP contribution in [0.4, 0.5) is 10.8 Å². The second kappa shape index (κ2) is 7.45. The van der Waals surface area contributed by atoms with E-state index < -0.39 is 0 Å². The Morgan fingerprint density at radius 3 is 2.79 bits per heavy atom. The number of carbonyl (C=O) groups excluding carboxylic acids is 1. The van der Waals surface area contributed by atoms with E-state index in [0.29, 0.717) is 4.88 Å². The highest BCUT2D eigenvalue weighted by Gasteiger charge is 2.19. The summed E-state index contributed by atoms with van der Waals surface area (Å²) in [6, 6.07) is 11.6. The van der Waals surface area contributed by atoms with Gasteiger partial charge in [0.05, 0.1) is 22.7 Å². The number of nitrogens with zero attached hydrogens (tertiary/aromatic N) is 2. The highest BCUT2D eigenvalue weighted by molar-refractivity contribution is 7.29. The number of aliphatic hydroxyl groups excluding tert-OH is 1. The molecule has 0 spiro atoms. The summed E-state index contributed by atoms with van der Waals surface area (Å²) < 4.78 is 0.950. The number of amides is 1. The van der Waals surface area contributed by atoms with Crippen LogP contribution in [0.3, 0.4) is 0 Å². The van der Waals surface area contributed by atoms with Crippen molar-refractivity contribution in [3.63, 3.8) is 0 Å². The molecule has 0 radical (unpaired) electrons. The first-order chi connectivity index (χ1) is 11.7. The summed E-state index contributed by atoms with van der Waals surface area (Å²) in [5.41, 5.74) is 0.971. The van der Waals surface area contributed by atoms with Crippen molar-refractivity contribution < 1.29 is 9.90 Å². The molecule has 0 bridgehead atoms. The van der Waals surface area contributed by atoms with Gasteiger partial charge < -0.3 is 15.3 Å². The minimum Gasteiger partial charge on any atom is -0.395 e. The Morgan fingerprint density at radius 1 is 1.33 bits per heavy atom. The van der Waals surface area contributed by atoms with Crippen molar-refractivity contribution in [2.24, 2.45) is 0 Å². The Bertz CT molecular complexity index is 849. The van der Waals surface area contributed by atoms with E-state index in [1.165, 1.54) is 27.6 Å². The second-order valence-corrected chi connectivity index (χ2v) is 7.01. The van der Waals surface area contributed by atoms with Crippen molar-refractivity contribution in [3.05, 3.63) is 41.3 Å². The van der Waals surface area contributed by atoms with E-state index in [2.05, 4.69) is 16.2 Å². The van der Waals surface area contributed by atoms with Crippen molar-refractivity contribution in [2.45, 2.75) is 0 Å². The number of hydrogen-bond acceptors (Lipinski definition) is 6. The first kappa shape index (κ1) is 16.5. The molecule has 0 aliphatic heterocycles. The van der Waals surface area contributed by atoms with E-state index in [1.54, 1.807) is 0 Å². The lowest BCUT2D eigenvalue weighted by Crippen LogP contribution is -2.33. The Labute approximate surface area is 147 Å². The molecule has 24 heavy (non-hydrogen) atoms. The summed E-state index contributed by atoms with van der Waals surface area (Å²) in [6.07, 6.45) is 5.28. The van der Waals surface area contributed by atoms with Gasteiger partial charge in [-0.1, -0.05) is 35.5 Å². The van der Waals surface area contributed by atoms with Crippen LogP contribution in [0.5, 0.6) is 0 Å². The Kier molecular flexibility index (Phi) is 5.11. The molecule has 2 N–H and O–H groups in total. The Balaban J connectivity index is 1.79. The van der Waals surface area contributed by atoms with E-state index >= 15 is 0 Å². The zero-order chi connectivity index (χ0) is 16.9. The molecule has 0 atom stereocenters. The number of thiazole rings is 1. The van der Waals surface area contributed by atoms with E-state index in [9.17, 15) is 4.79 Å². The molecule has 1 aromatic carbocycles. The molecule has 3 aromatic rings. The van der Waals surface area contributed by atoms with Crippen LogP contribution in [0.1, 0.15) is 9.67 Å². The van der Waals surface area contributed by atoms with Crippen LogP contribution in [0.15, 0.2) is 36.4 Å². The average Bonchev–Trinajstić information content (AvgIpc) is 3.13. The number of terminal acetylenes is 1. The summed E-state index contributed by atoms with van der Waals surface area (Å²) in [5, 5.41) is 13.1. The summed E-state index contributed by atoms with van der Waals surface area (Å²) in [7, 11) is 0. The lowest BCUT2D eigenvalue weighted by atomic mass is 10.3. The van der Waals surface area contributed by atoms with Crippen molar-refractivity contribution in [3.8, 4) is 12.3 Å². The third-order valence-corrected chi connectivity index (χ3v) is 5.33. The van der Waals surface area contributed by atoms with Gasteiger partial charge in [-0.3, -0.25) is 4.79 Å². The SMILES string of the molecule is C#CCN(CCO)C(=O)c1cc2sc(Nc3ccccc3)nc2s1. The lowest BCUT2D eigenvalue weighted by molar-refractivity contribution is 0.0751. The van der Waals surface area contributed by atoms with E-state index in [4.69, 9.17) is 11.5 Å². The van der Waals surface area contributed by atoms with Crippen LogP contribution in [0, 0.1) is 12.3 Å². The molecule has 2 aromatic heterocycles. The van der Waals surface area contributed by atoms with E-state index in [-0.39, 0.29) is 25.6 Å². The number of aromatic nitrogens is 1. The topological polar surface area (TPSA) is 65.5 Å². The van der Waals surface area contributed by atoms with Crippen LogP contribution < -0.4 is 5.32 Å². The zero-order valence-corrected chi connectivity index (χ0v) is 14.4. The molecule has 3 rings (SSSR count). The number of thiophene rings is 1. The maximum Gasteiger partial charge on any atom is 0.264 e. The van der Waals surface area contributed by atoms with Crippen molar-refractivity contribution in [1.82, 2.24) is 9.88 Å². The predicted molar refractivity (Wildman–Crippen MR) is 99.0 cm³/mol. The first-order valence-corrected chi connectivity index (χ1v) is 8.90. The minimum atomic E-state index is -0.172. The molecule has 7 heteroatoms. The smallest absolute Gasteiger partial charge is 0.264 e. The molecule has 0 aliphatic rings. The van der Waals surface area contributed by atoms with Gasteiger partial charge in [0.25, 0.3) is 5.91 Å². The Morgan fingerprint density at radius 2 is 2.12 bits per heavy atom. The molecule has 1 amide bonds. The summed E-state index contributed by atoms with van der Waals surface area (Å²) >= 11 is 2.83. The number of benzene rings is 1. The van der Waals surface area contributed by atoms with Crippen LogP contribution in [-0.2, 0) is 0 Å². The highest BCUT2D eigenvalue weighted by atomic mass is 32.1. The van der Waals surface area contributed by atoms with Gasteiger partial charge in [0.15, 0.2) is 5.13 Å². The Hall–Kier alpha value is -2.40. The second-order valence-electron chi connectivity index (χ2n) is 4.94. The maximum absolute atomic E-state index is 12.5. The monoisotopic (exact) mass is 357 g/mol. The number of aliphatic hydroxyl groups is 1. The van der Waals surface area contributed by atoms with Gasteiger partial charge in [0.1, 0.15) is 4.83 Å². The molecule has 122 valence electrons.